The molecule has 0 saturated carbocycles. The smallest absolute Gasteiger partial charge is 0.298 e. The maximum absolute atomic E-state index is 11.6. The van der Waals surface area contributed by atoms with Gasteiger partial charge < -0.3 is 0 Å². The van der Waals surface area contributed by atoms with Crippen molar-refractivity contribution in [1.29, 1.82) is 0 Å². The Morgan fingerprint density at radius 3 is 0.865 bits per heavy atom. The molecular formula is C42H42AlO9. The molecule has 3 radical (unpaired) electrons. The zero-order valence-corrected chi connectivity index (χ0v) is 31.3. The molecule has 0 aliphatic rings. The number of carbonyl (C=O) groups is 3. The van der Waals surface area contributed by atoms with Crippen molar-refractivity contribution in [2.24, 2.45) is 0 Å². The van der Waals surface area contributed by atoms with E-state index in [-0.39, 0.29) is 53.0 Å². The molecule has 10 heteroatoms. The van der Waals surface area contributed by atoms with Gasteiger partial charge in [0.05, 0.1) is 39.1 Å². The van der Waals surface area contributed by atoms with Crippen LogP contribution in [-0.4, -0.2) is 56.6 Å². The predicted molar refractivity (Wildman–Crippen MR) is 202 cm³/mol. The predicted octanol–water partition coefficient (Wildman–Crippen LogP) is 8.76. The molecule has 0 aliphatic heterocycles. The Hall–Kier alpha value is -5.08. The minimum Gasteiger partial charge on any atom is -0.298 e. The molecule has 6 aromatic carbocycles. The second-order valence-electron chi connectivity index (χ2n) is 11.6. The van der Waals surface area contributed by atoms with E-state index in [4.69, 9.17) is 0 Å². The van der Waals surface area contributed by atoms with Crippen LogP contribution >= 0.6 is 0 Å². The molecule has 267 valence electrons. The summed E-state index contributed by atoms with van der Waals surface area (Å²) in [5.74, 6) is -2.19. The lowest BCUT2D eigenvalue weighted by Gasteiger charge is -2.12. The number of benzene rings is 6. The van der Waals surface area contributed by atoms with Gasteiger partial charge in [-0.05, 0) is 69.8 Å². The second kappa shape index (κ2) is 20.7. The van der Waals surface area contributed by atoms with E-state index in [1.165, 1.54) is 21.3 Å². The van der Waals surface area contributed by atoms with Gasteiger partial charge in [-0.3, -0.25) is 14.7 Å². The lowest BCUT2D eigenvalue weighted by Crippen LogP contribution is -2.12. The molecule has 0 bridgehead atoms. The topological polar surface area (TPSA) is 107 Å². The number of hydrogen-bond donors (Lipinski definition) is 0. The summed E-state index contributed by atoms with van der Waals surface area (Å²) in [5, 5.41) is 6.54. The maximum atomic E-state index is 11.6. The molecule has 52 heavy (non-hydrogen) atoms. The Morgan fingerprint density at radius 2 is 0.615 bits per heavy atom. The number of rotatable bonds is 9. The van der Waals surface area contributed by atoms with Crippen molar-refractivity contribution in [3.05, 3.63) is 144 Å². The molecule has 6 rings (SSSR count). The number of hydrogen-bond acceptors (Lipinski definition) is 9. The van der Waals surface area contributed by atoms with Crippen molar-refractivity contribution in [3.63, 3.8) is 0 Å². The normalized spacial score (nSPS) is 12.1. The third kappa shape index (κ3) is 10.5. The minimum atomic E-state index is -0.385. The first kappa shape index (κ1) is 41.3. The molecule has 6 aromatic rings. The van der Waals surface area contributed by atoms with Gasteiger partial charge in [-0.15, -0.1) is 0 Å². The average Bonchev–Trinajstić information content (AvgIpc) is 3.17. The zero-order valence-electron chi connectivity index (χ0n) is 30.1. The highest BCUT2D eigenvalue weighted by molar-refractivity contribution is 5.92. The summed E-state index contributed by atoms with van der Waals surface area (Å²) in [4.78, 5) is 61.9. The van der Waals surface area contributed by atoms with E-state index >= 15 is 0 Å². The molecule has 0 aromatic heterocycles. The van der Waals surface area contributed by atoms with Crippen molar-refractivity contribution in [3.8, 4) is 0 Å². The van der Waals surface area contributed by atoms with Crippen LogP contribution in [0.4, 0.5) is 0 Å². The molecule has 0 saturated heterocycles. The van der Waals surface area contributed by atoms with Crippen LogP contribution in [-0.2, 0) is 43.7 Å². The zero-order chi connectivity index (χ0) is 36.8. The van der Waals surface area contributed by atoms with Crippen LogP contribution in [0, 0.1) is 0 Å². The Morgan fingerprint density at radius 1 is 0.385 bits per heavy atom. The Bertz CT molecular complexity index is 1830. The van der Waals surface area contributed by atoms with Gasteiger partial charge in [0, 0.05) is 17.4 Å². The number of carbonyl (C=O) groups excluding carboxylic acids is 3. The highest BCUT2D eigenvalue weighted by Gasteiger charge is 2.21. The molecule has 0 N–H and O–H groups in total. The summed E-state index contributed by atoms with van der Waals surface area (Å²) in [5.41, 5.74) is 2.85. The van der Waals surface area contributed by atoms with Gasteiger partial charge in [0.1, 0.15) is 0 Å². The average molecular weight is 718 g/mol. The van der Waals surface area contributed by atoms with Gasteiger partial charge in [-0.1, -0.05) is 127 Å². The SMILES string of the molecule is COOC(=O)C(C)c1cccc2ccccc12.COOC(=O)C(C)c1cccc2ccccc12.COOC(=O)C(C)c1cccc2ccccc12.[Al]. The molecule has 9 nitrogen and oxygen atoms in total. The van der Waals surface area contributed by atoms with E-state index in [9.17, 15) is 14.4 Å². The molecular weight excluding hydrogens is 675 g/mol. The highest BCUT2D eigenvalue weighted by Crippen LogP contribution is 2.28. The van der Waals surface area contributed by atoms with Gasteiger partial charge >= 0.3 is 17.9 Å². The van der Waals surface area contributed by atoms with E-state index in [0.29, 0.717) is 0 Å². The summed E-state index contributed by atoms with van der Waals surface area (Å²) in [6.07, 6.45) is 0. The van der Waals surface area contributed by atoms with Gasteiger partial charge in [-0.25, -0.2) is 14.4 Å². The molecule has 0 amide bonds. The van der Waals surface area contributed by atoms with Crippen molar-refractivity contribution in [2.75, 3.05) is 21.3 Å². The summed E-state index contributed by atoms with van der Waals surface area (Å²) in [6.45, 7) is 5.43. The van der Waals surface area contributed by atoms with Gasteiger partial charge in [-0.2, -0.15) is 14.7 Å². The number of fused-ring (bicyclic) bond motifs is 3. The van der Waals surface area contributed by atoms with Gasteiger partial charge in [0.15, 0.2) is 0 Å². The van der Waals surface area contributed by atoms with E-state index in [1.807, 2.05) is 148 Å². The van der Waals surface area contributed by atoms with E-state index in [0.717, 1.165) is 49.0 Å². The fraction of sp³-hybridized carbons (Fsp3) is 0.214. The van der Waals surface area contributed by atoms with Crippen molar-refractivity contribution in [2.45, 2.75) is 38.5 Å². The van der Waals surface area contributed by atoms with Crippen LogP contribution in [0.1, 0.15) is 55.2 Å². The Labute approximate surface area is 314 Å². The summed E-state index contributed by atoms with van der Waals surface area (Å²) < 4.78 is 0. The second-order valence-corrected chi connectivity index (χ2v) is 11.6. The van der Waals surface area contributed by atoms with Crippen LogP contribution in [0.15, 0.2) is 127 Å². The molecule has 0 spiro atoms. The summed E-state index contributed by atoms with van der Waals surface area (Å²) >= 11 is 0. The first-order valence-electron chi connectivity index (χ1n) is 16.4. The summed E-state index contributed by atoms with van der Waals surface area (Å²) in [6, 6.07) is 41.6. The van der Waals surface area contributed by atoms with E-state index in [1.54, 1.807) is 0 Å². The fourth-order valence-corrected chi connectivity index (χ4v) is 5.73. The van der Waals surface area contributed by atoms with Crippen LogP contribution in [0.5, 0.6) is 0 Å². The highest BCUT2D eigenvalue weighted by atomic mass is 27.0. The maximum Gasteiger partial charge on any atom is 0.349 e. The minimum absolute atomic E-state index is 0. The quantitative estimate of drug-likeness (QED) is 0.0824. The van der Waals surface area contributed by atoms with Crippen molar-refractivity contribution < 1.29 is 43.7 Å². The first-order valence-corrected chi connectivity index (χ1v) is 16.4. The third-order valence-electron chi connectivity index (χ3n) is 8.43. The van der Waals surface area contributed by atoms with E-state index < -0.39 is 0 Å². The Balaban J connectivity index is 0.000000208. The lowest BCUT2D eigenvalue weighted by molar-refractivity contribution is -0.256. The van der Waals surface area contributed by atoms with Crippen LogP contribution in [0.25, 0.3) is 32.3 Å². The largest absolute Gasteiger partial charge is 0.349 e. The fourth-order valence-electron chi connectivity index (χ4n) is 5.73. The Kier molecular flexibility index (Phi) is 16.5. The van der Waals surface area contributed by atoms with Gasteiger partial charge in [0.25, 0.3) is 0 Å². The standard InChI is InChI=1S/3C14H14O3.Al/c3*1-10(14(15)17-16-2)12-9-5-7-11-6-3-4-8-13(11)12;/h3*3-10H,1-2H3;. The van der Waals surface area contributed by atoms with Gasteiger partial charge in [0.2, 0.25) is 0 Å². The lowest BCUT2D eigenvalue weighted by atomic mass is 9.95. The van der Waals surface area contributed by atoms with Crippen LogP contribution in [0.3, 0.4) is 0 Å². The van der Waals surface area contributed by atoms with Crippen LogP contribution < -0.4 is 0 Å². The first-order chi connectivity index (χ1) is 24.7. The van der Waals surface area contributed by atoms with Crippen LogP contribution in [0.2, 0.25) is 0 Å². The monoisotopic (exact) mass is 717 g/mol. The molecule has 0 heterocycles. The van der Waals surface area contributed by atoms with Crippen molar-refractivity contribution in [1.82, 2.24) is 0 Å². The molecule has 3 unspecified atom stereocenters. The molecule has 0 fully saturated rings. The molecule has 3 atom stereocenters. The third-order valence-corrected chi connectivity index (χ3v) is 8.43. The molecule has 0 aliphatic carbocycles. The van der Waals surface area contributed by atoms with Crippen molar-refractivity contribution >= 4 is 67.6 Å². The van der Waals surface area contributed by atoms with E-state index in [2.05, 4.69) is 29.3 Å². The summed E-state index contributed by atoms with van der Waals surface area (Å²) in [7, 11) is 3.98.